The highest BCUT2D eigenvalue weighted by Gasteiger charge is 2.42. The number of hydrogen-bond donors (Lipinski definition) is 1. The number of aryl methyl sites for hydroxylation is 2. The van der Waals surface area contributed by atoms with E-state index in [0.717, 1.165) is 36.2 Å². The van der Waals surface area contributed by atoms with Gasteiger partial charge in [0, 0.05) is 24.7 Å². The molecule has 1 amide bonds. The molecule has 1 aromatic rings. The second kappa shape index (κ2) is 4.64. The van der Waals surface area contributed by atoms with E-state index in [9.17, 15) is 4.79 Å². The molecule has 1 saturated carbocycles. The summed E-state index contributed by atoms with van der Waals surface area (Å²) >= 11 is 0. The van der Waals surface area contributed by atoms with Crippen LogP contribution < -0.4 is 5.73 Å². The second-order valence-corrected chi connectivity index (χ2v) is 6.25. The van der Waals surface area contributed by atoms with Gasteiger partial charge in [-0.1, -0.05) is 17.2 Å². The third-order valence-electron chi connectivity index (χ3n) is 4.67. The zero-order valence-electron chi connectivity index (χ0n) is 11.7. The van der Waals surface area contributed by atoms with Crippen molar-refractivity contribution in [3.8, 4) is 0 Å². The first-order valence-corrected chi connectivity index (χ1v) is 7.18. The van der Waals surface area contributed by atoms with E-state index in [0.29, 0.717) is 17.9 Å². The molecule has 1 saturated heterocycles. The monoisotopic (exact) mass is 258 g/mol. The van der Waals surface area contributed by atoms with Crippen molar-refractivity contribution >= 4 is 5.91 Å². The maximum absolute atomic E-state index is 12.6. The average molecular weight is 258 g/mol. The van der Waals surface area contributed by atoms with Crippen LogP contribution in [0.15, 0.2) is 18.2 Å². The quantitative estimate of drug-likeness (QED) is 0.838. The first-order valence-electron chi connectivity index (χ1n) is 7.18. The molecule has 2 aliphatic rings. The van der Waals surface area contributed by atoms with Crippen LogP contribution in [-0.2, 0) is 0 Å². The van der Waals surface area contributed by atoms with Gasteiger partial charge in [0.2, 0.25) is 0 Å². The molecule has 1 heterocycles. The summed E-state index contributed by atoms with van der Waals surface area (Å²) in [6.07, 6.45) is 2.31. The summed E-state index contributed by atoms with van der Waals surface area (Å²) in [5, 5.41) is 0. The number of likely N-dealkylation sites (tertiary alicyclic amines) is 1. The summed E-state index contributed by atoms with van der Waals surface area (Å²) in [5.74, 6) is 1.33. The molecule has 0 bridgehead atoms. The molecule has 1 aliphatic heterocycles. The van der Waals surface area contributed by atoms with Gasteiger partial charge in [0.25, 0.3) is 5.91 Å². The Bertz CT molecular complexity index is 491. The normalized spacial score (nSPS) is 29.6. The van der Waals surface area contributed by atoms with Gasteiger partial charge in [-0.15, -0.1) is 0 Å². The number of carbonyl (C=O) groups excluding carboxylic acids is 1. The van der Waals surface area contributed by atoms with E-state index in [1.807, 2.05) is 30.9 Å². The third kappa shape index (κ3) is 2.27. The van der Waals surface area contributed by atoms with Crippen LogP contribution in [0.5, 0.6) is 0 Å². The molecule has 1 aliphatic carbocycles. The number of fused-ring (bicyclic) bond motifs is 1. The minimum Gasteiger partial charge on any atom is -0.338 e. The van der Waals surface area contributed by atoms with Crippen LogP contribution in [0, 0.1) is 25.7 Å². The smallest absolute Gasteiger partial charge is 0.253 e. The Morgan fingerprint density at radius 2 is 1.84 bits per heavy atom. The Morgan fingerprint density at radius 3 is 2.47 bits per heavy atom. The number of amides is 1. The van der Waals surface area contributed by atoms with Gasteiger partial charge in [-0.3, -0.25) is 4.79 Å². The Kier molecular flexibility index (Phi) is 3.09. The summed E-state index contributed by atoms with van der Waals surface area (Å²) in [7, 11) is 0. The van der Waals surface area contributed by atoms with Crippen molar-refractivity contribution in [3.05, 3.63) is 34.9 Å². The highest BCUT2D eigenvalue weighted by Crippen LogP contribution is 2.37. The van der Waals surface area contributed by atoms with E-state index in [1.54, 1.807) is 0 Å². The molecule has 19 heavy (non-hydrogen) atoms. The van der Waals surface area contributed by atoms with Crippen LogP contribution in [-0.4, -0.2) is 29.9 Å². The van der Waals surface area contributed by atoms with E-state index in [4.69, 9.17) is 5.73 Å². The van der Waals surface area contributed by atoms with Crippen LogP contribution in [0.4, 0.5) is 0 Å². The molecule has 102 valence electrons. The Hall–Kier alpha value is -1.35. The summed E-state index contributed by atoms with van der Waals surface area (Å²) in [6, 6.07) is 6.38. The fourth-order valence-electron chi connectivity index (χ4n) is 3.75. The Balaban J connectivity index is 1.78. The van der Waals surface area contributed by atoms with E-state index in [1.165, 1.54) is 6.42 Å². The SMILES string of the molecule is Cc1cc(C)cc(C(=O)N2CC3CCC(N)C3C2)c1. The summed E-state index contributed by atoms with van der Waals surface area (Å²) in [4.78, 5) is 14.6. The number of rotatable bonds is 1. The van der Waals surface area contributed by atoms with Gasteiger partial charge in [0.1, 0.15) is 0 Å². The molecule has 3 rings (SSSR count). The molecule has 2 N–H and O–H groups in total. The highest BCUT2D eigenvalue weighted by molar-refractivity contribution is 5.94. The molecule has 0 aromatic heterocycles. The summed E-state index contributed by atoms with van der Waals surface area (Å²) < 4.78 is 0. The third-order valence-corrected chi connectivity index (χ3v) is 4.67. The fourth-order valence-corrected chi connectivity index (χ4v) is 3.75. The van der Waals surface area contributed by atoms with Crippen molar-refractivity contribution < 1.29 is 4.79 Å². The maximum atomic E-state index is 12.6. The van der Waals surface area contributed by atoms with Crippen LogP contribution in [0.2, 0.25) is 0 Å². The van der Waals surface area contributed by atoms with E-state index in [2.05, 4.69) is 6.07 Å². The topological polar surface area (TPSA) is 46.3 Å². The molecule has 3 atom stereocenters. The lowest BCUT2D eigenvalue weighted by Gasteiger charge is -2.19. The van der Waals surface area contributed by atoms with Gasteiger partial charge in [-0.2, -0.15) is 0 Å². The molecule has 2 fully saturated rings. The van der Waals surface area contributed by atoms with Crippen molar-refractivity contribution in [2.75, 3.05) is 13.1 Å². The predicted octanol–water partition coefficient (Wildman–Crippen LogP) is 2.11. The maximum Gasteiger partial charge on any atom is 0.253 e. The number of nitrogens with two attached hydrogens (primary N) is 1. The number of hydrogen-bond acceptors (Lipinski definition) is 2. The standard InChI is InChI=1S/C16H22N2O/c1-10-5-11(2)7-13(6-10)16(19)18-8-12-3-4-15(17)14(12)9-18/h5-7,12,14-15H,3-4,8-9,17H2,1-2H3. The largest absolute Gasteiger partial charge is 0.338 e. The van der Waals surface area contributed by atoms with Crippen molar-refractivity contribution in [2.45, 2.75) is 32.7 Å². The minimum atomic E-state index is 0.174. The number of benzene rings is 1. The van der Waals surface area contributed by atoms with E-state index in [-0.39, 0.29) is 5.91 Å². The molecule has 3 nitrogen and oxygen atoms in total. The van der Waals surface area contributed by atoms with Gasteiger partial charge in [-0.05, 0) is 50.7 Å². The van der Waals surface area contributed by atoms with Crippen molar-refractivity contribution in [1.82, 2.24) is 4.90 Å². The lowest BCUT2D eigenvalue weighted by molar-refractivity contribution is 0.0779. The summed E-state index contributed by atoms with van der Waals surface area (Å²) in [6.45, 7) is 5.82. The zero-order chi connectivity index (χ0) is 13.6. The molecule has 1 aromatic carbocycles. The fraction of sp³-hybridized carbons (Fsp3) is 0.562. The highest BCUT2D eigenvalue weighted by atomic mass is 16.2. The molecular formula is C16H22N2O. The number of nitrogens with zero attached hydrogens (tertiary/aromatic N) is 1. The van der Waals surface area contributed by atoms with Gasteiger partial charge in [-0.25, -0.2) is 0 Å². The van der Waals surface area contributed by atoms with E-state index < -0.39 is 0 Å². The summed E-state index contributed by atoms with van der Waals surface area (Å²) in [5.41, 5.74) is 9.26. The van der Waals surface area contributed by atoms with Gasteiger partial charge < -0.3 is 10.6 Å². The average Bonchev–Trinajstić information content (AvgIpc) is 2.90. The first-order chi connectivity index (χ1) is 9.04. The van der Waals surface area contributed by atoms with Crippen molar-refractivity contribution in [2.24, 2.45) is 17.6 Å². The van der Waals surface area contributed by atoms with Gasteiger partial charge in [0.05, 0.1) is 0 Å². The molecular weight excluding hydrogens is 236 g/mol. The molecule has 0 spiro atoms. The predicted molar refractivity (Wildman–Crippen MR) is 76.0 cm³/mol. The molecule has 0 radical (unpaired) electrons. The van der Waals surface area contributed by atoms with Gasteiger partial charge >= 0.3 is 0 Å². The first kappa shape index (κ1) is 12.7. The second-order valence-electron chi connectivity index (χ2n) is 6.25. The van der Waals surface area contributed by atoms with Crippen LogP contribution in [0.1, 0.15) is 34.3 Å². The Labute approximate surface area is 114 Å². The minimum absolute atomic E-state index is 0.174. The van der Waals surface area contributed by atoms with Crippen LogP contribution in [0.25, 0.3) is 0 Å². The van der Waals surface area contributed by atoms with Crippen molar-refractivity contribution in [3.63, 3.8) is 0 Å². The number of carbonyl (C=O) groups is 1. The van der Waals surface area contributed by atoms with Crippen LogP contribution in [0.3, 0.4) is 0 Å². The Morgan fingerprint density at radius 1 is 1.16 bits per heavy atom. The van der Waals surface area contributed by atoms with Crippen molar-refractivity contribution in [1.29, 1.82) is 0 Å². The van der Waals surface area contributed by atoms with E-state index >= 15 is 0 Å². The zero-order valence-corrected chi connectivity index (χ0v) is 11.7. The molecule has 3 unspecified atom stereocenters. The van der Waals surface area contributed by atoms with Gasteiger partial charge in [0.15, 0.2) is 0 Å². The molecule has 3 heteroatoms. The van der Waals surface area contributed by atoms with Crippen LogP contribution >= 0.6 is 0 Å². The lowest BCUT2D eigenvalue weighted by atomic mass is 9.98. The lowest BCUT2D eigenvalue weighted by Crippen LogP contribution is -2.33.